The monoisotopic (exact) mass is 555 g/mol. The number of nitrogens with zero attached hydrogens (tertiary/aromatic N) is 2. The van der Waals surface area contributed by atoms with Crippen LogP contribution < -0.4 is 14.6 Å². The molecule has 6 nitrogen and oxygen atoms in total. The van der Waals surface area contributed by atoms with Gasteiger partial charge in [-0.25, -0.2) is 4.98 Å². The van der Waals surface area contributed by atoms with Crippen molar-refractivity contribution < 1.29 is 19.4 Å². The molecule has 1 heterocycles. The number of rotatable bonds is 9. The molecule has 1 aromatic heterocycles. The number of hydrogen-bond acceptors (Lipinski definition) is 5. The quantitative estimate of drug-likeness (QED) is 0.206. The van der Waals surface area contributed by atoms with Crippen molar-refractivity contribution in [2.75, 3.05) is 7.11 Å². The van der Waals surface area contributed by atoms with Crippen LogP contribution >= 0.6 is 11.6 Å². The summed E-state index contributed by atoms with van der Waals surface area (Å²) in [5.41, 5.74) is 4.82. The van der Waals surface area contributed by atoms with Crippen LogP contribution in [0.3, 0.4) is 0 Å². The molecule has 0 amide bonds. The summed E-state index contributed by atoms with van der Waals surface area (Å²) in [6.07, 6.45) is 9.32. The van der Waals surface area contributed by atoms with Gasteiger partial charge in [-0.05, 0) is 91.1 Å². The topological polar surface area (TPSA) is 76.4 Å². The van der Waals surface area contributed by atoms with Gasteiger partial charge in [0.25, 0.3) is 0 Å². The Bertz CT molecular complexity index is 1500. The molecule has 0 bridgehead atoms. The minimum absolute atomic E-state index is 0.152. The average Bonchev–Trinajstić information content (AvgIpc) is 3.40. The van der Waals surface area contributed by atoms with Crippen molar-refractivity contribution in [3.63, 3.8) is 0 Å². The SMILES string of the molecule is COc1ccc(-c2ccc(Cl)cc2)c(COc2ccc(-c3nc(/C=C(\C)C(=O)[O-])cn3C3CCCCC3)cc2)c1. The van der Waals surface area contributed by atoms with Crippen LogP contribution in [0.5, 0.6) is 11.5 Å². The second kappa shape index (κ2) is 12.4. The van der Waals surface area contributed by atoms with Crippen molar-refractivity contribution in [3.05, 3.63) is 94.8 Å². The van der Waals surface area contributed by atoms with Crippen LogP contribution in [0, 0.1) is 0 Å². The van der Waals surface area contributed by atoms with Gasteiger partial charge in [0.1, 0.15) is 23.9 Å². The summed E-state index contributed by atoms with van der Waals surface area (Å²) in [7, 11) is 1.65. The Hall–Kier alpha value is -4.03. The molecule has 1 aliphatic carbocycles. The predicted molar refractivity (Wildman–Crippen MR) is 156 cm³/mol. The summed E-state index contributed by atoms with van der Waals surface area (Å²) < 4.78 is 13.9. The van der Waals surface area contributed by atoms with E-state index in [4.69, 9.17) is 26.1 Å². The summed E-state index contributed by atoms with van der Waals surface area (Å²) in [6.45, 7) is 1.89. The summed E-state index contributed by atoms with van der Waals surface area (Å²) in [5, 5.41) is 12.0. The summed E-state index contributed by atoms with van der Waals surface area (Å²) >= 11 is 6.09. The molecule has 4 aromatic rings. The third-order valence-electron chi connectivity index (χ3n) is 7.38. The van der Waals surface area contributed by atoms with Crippen molar-refractivity contribution in [2.24, 2.45) is 0 Å². The molecule has 0 radical (unpaired) electrons. The molecule has 0 saturated heterocycles. The molecule has 0 atom stereocenters. The van der Waals surface area contributed by atoms with E-state index in [0.717, 1.165) is 52.4 Å². The normalized spacial score (nSPS) is 14.2. The molecule has 40 heavy (non-hydrogen) atoms. The van der Waals surface area contributed by atoms with Crippen LogP contribution in [0.15, 0.2) is 78.5 Å². The molecular formula is C33H32ClN2O4-. The van der Waals surface area contributed by atoms with Crippen molar-refractivity contribution in [1.82, 2.24) is 9.55 Å². The minimum Gasteiger partial charge on any atom is -0.545 e. The Morgan fingerprint density at radius 2 is 1.68 bits per heavy atom. The molecule has 5 rings (SSSR count). The van der Waals surface area contributed by atoms with Crippen LogP contribution in [0.1, 0.15) is 56.3 Å². The zero-order valence-electron chi connectivity index (χ0n) is 22.7. The van der Waals surface area contributed by atoms with Gasteiger partial charge in [0.05, 0.1) is 18.8 Å². The maximum Gasteiger partial charge on any atom is 0.140 e. The van der Waals surface area contributed by atoms with Gasteiger partial charge in [-0.15, -0.1) is 0 Å². The van der Waals surface area contributed by atoms with Crippen LogP contribution in [0.2, 0.25) is 5.02 Å². The van der Waals surface area contributed by atoms with Crippen molar-refractivity contribution >= 4 is 23.6 Å². The molecule has 206 valence electrons. The molecule has 1 fully saturated rings. The van der Waals surface area contributed by atoms with E-state index < -0.39 is 5.97 Å². The van der Waals surface area contributed by atoms with E-state index in [1.165, 1.54) is 26.2 Å². The maximum absolute atomic E-state index is 11.3. The third kappa shape index (κ3) is 6.40. The number of halogens is 1. The minimum atomic E-state index is -1.19. The van der Waals surface area contributed by atoms with Gasteiger partial charge in [0, 0.05) is 28.4 Å². The first-order valence-electron chi connectivity index (χ1n) is 13.6. The summed E-state index contributed by atoms with van der Waals surface area (Å²) in [5.74, 6) is 1.14. The molecule has 3 aromatic carbocycles. The lowest BCUT2D eigenvalue weighted by Gasteiger charge is -2.24. The van der Waals surface area contributed by atoms with Crippen LogP contribution in [-0.2, 0) is 11.4 Å². The Morgan fingerprint density at radius 3 is 2.35 bits per heavy atom. The van der Waals surface area contributed by atoms with E-state index in [2.05, 4.69) is 4.57 Å². The van der Waals surface area contributed by atoms with Gasteiger partial charge >= 0.3 is 0 Å². The number of aliphatic carboxylic acids is 1. The molecule has 1 aliphatic rings. The Labute approximate surface area is 239 Å². The van der Waals surface area contributed by atoms with E-state index in [1.807, 2.05) is 72.9 Å². The van der Waals surface area contributed by atoms with E-state index in [9.17, 15) is 9.90 Å². The largest absolute Gasteiger partial charge is 0.545 e. The fourth-order valence-electron chi connectivity index (χ4n) is 5.20. The molecule has 0 unspecified atom stereocenters. The molecule has 0 spiro atoms. The van der Waals surface area contributed by atoms with Gasteiger partial charge in [0.2, 0.25) is 0 Å². The van der Waals surface area contributed by atoms with E-state index in [1.54, 1.807) is 13.2 Å². The highest BCUT2D eigenvalue weighted by molar-refractivity contribution is 6.30. The number of aromatic nitrogens is 2. The number of ether oxygens (including phenoxy) is 2. The van der Waals surface area contributed by atoms with Crippen molar-refractivity contribution in [2.45, 2.75) is 51.7 Å². The fourth-order valence-corrected chi connectivity index (χ4v) is 5.33. The van der Waals surface area contributed by atoms with Crippen LogP contribution in [0.25, 0.3) is 28.6 Å². The number of carbonyl (C=O) groups is 1. The molecule has 1 saturated carbocycles. The molecular weight excluding hydrogens is 524 g/mol. The summed E-state index contributed by atoms with van der Waals surface area (Å²) in [4.78, 5) is 16.1. The highest BCUT2D eigenvalue weighted by atomic mass is 35.5. The number of imidazole rings is 1. The summed E-state index contributed by atoms with van der Waals surface area (Å²) in [6, 6.07) is 21.9. The molecule has 0 N–H and O–H groups in total. The number of carboxylic acids is 1. The zero-order valence-corrected chi connectivity index (χ0v) is 23.5. The van der Waals surface area contributed by atoms with Crippen LogP contribution in [0.4, 0.5) is 0 Å². The number of methoxy groups -OCH3 is 1. The number of hydrogen-bond donors (Lipinski definition) is 0. The fraction of sp³-hybridized carbons (Fsp3) is 0.273. The van der Waals surface area contributed by atoms with E-state index >= 15 is 0 Å². The number of carboxylic acid groups (broad SMARTS) is 1. The van der Waals surface area contributed by atoms with Gasteiger partial charge in [-0.1, -0.05) is 49.1 Å². The first-order chi connectivity index (χ1) is 19.4. The smallest absolute Gasteiger partial charge is 0.140 e. The van der Waals surface area contributed by atoms with Gasteiger partial charge in [-0.2, -0.15) is 0 Å². The lowest BCUT2D eigenvalue weighted by atomic mass is 9.95. The predicted octanol–water partition coefficient (Wildman–Crippen LogP) is 7.12. The van der Waals surface area contributed by atoms with Crippen LogP contribution in [-0.4, -0.2) is 22.6 Å². The first-order valence-corrected chi connectivity index (χ1v) is 13.9. The Morgan fingerprint density at radius 1 is 1.00 bits per heavy atom. The highest BCUT2D eigenvalue weighted by Gasteiger charge is 2.20. The van der Waals surface area contributed by atoms with Gasteiger partial charge in [0.15, 0.2) is 0 Å². The average molecular weight is 556 g/mol. The lowest BCUT2D eigenvalue weighted by molar-refractivity contribution is -0.299. The second-order valence-corrected chi connectivity index (χ2v) is 10.6. The van der Waals surface area contributed by atoms with Gasteiger partial charge < -0.3 is 23.9 Å². The first kappa shape index (κ1) is 27.5. The maximum atomic E-state index is 11.3. The third-order valence-corrected chi connectivity index (χ3v) is 7.63. The van der Waals surface area contributed by atoms with Gasteiger partial charge in [-0.3, -0.25) is 0 Å². The van der Waals surface area contributed by atoms with Crippen molar-refractivity contribution in [3.8, 4) is 34.0 Å². The number of benzene rings is 3. The van der Waals surface area contributed by atoms with Crippen molar-refractivity contribution in [1.29, 1.82) is 0 Å². The zero-order chi connectivity index (χ0) is 28.1. The Kier molecular flexibility index (Phi) is 8.56. The number of carbonyl (C=O) groups excluding carboxylic acids is 1. The highest BCUT2D eigenvalue weighted by Crippen LogP contribution is 2.34. The lowest BCUT2D eigenvalue weighted by Crippen LogP contribution is -2.22. The standard InChI is InChI=1S/C33H33ClN2O4/c1-22(33(37)38)18-27-20-36(28-6-4-3-5-7-28)32(35-27)24-10-14-29(15-11-24)40-21-25-19-30(39-2)16-17-31(25)23-8-12-26(34)13-9-23/h8-20,28H,3-7,21H2,1-2H3,(H,37,38)/p-1/b22-18+. The molecule has 7 heteroatoms. The Balaban J connectivity index is 1.39. The van der Waals surface area contributed by atoms with E-state index in [0.29, 0.717) is 23.4 Å². The second-order valence-electron chi connectivity index (χ2n) is 10.1. The van der Waals surface area contributed by atoms with E-state index in [-0.39, 0.29) is 5.57 Å². The molecule has 0 aliphatic heterocycles.